The number of aliphatic hydroxyl groups excluding tert-OH is 1. The van der Waals surface area contributed by atoms with Gasteiger partial charge in [-0.05, 0) is 62.4 Å². The SMILES string of the molecule is CCC[C@@H](C)[C@H]1O[C@@H]1C[C@H](C)/C=C/C=C(\C)[C@H]1OC(=O)C[C@H](O)CC[C@H](C)C/C=C/[C@@H]1C. The fraction of sp³-hybridized carbons (Fsp3) is 0.750. The van der Waals surface area contributed by atoms with Crippen LogP contribution in [0.3, 0.4) is 0 Å². The van der Waals surface area contributed by atoms with Crippen LogP contribution < -0.4 is 0 Å². The minimum Gasteiger partial charge on any atom is -0.457 e. The van der Waals surface area contributed by atoms with Crippen LogP contribution in [-0.2, 0) is 14.3 Å². The van der Waals surface area contributed by atoms with Gasteiger partial charge in [0.05, 0.1) is 24.7 Å². The summed E-state index contributed by atoms with van der Waals surface area (Å²) in [5.41, 5.74) is 1.02. The molecule has 2 rings (SSSR count). The van der Waals surface area contributed by atoms with E-state index in [2.05, 4.69) is 65.0 Å². The van der Waals surface area contributed by atoms with Gasteiger partial charge in [-0.1, -0.05) is 71.4 Å². The van der Waals surface area contributed by atoms with Crippen molar-refractivity contribution in [2.24, 2.45) is 23.7 Å². The zero-order chi connectivity index (χ0) is 23.7. The molecule has 182 valence electrons. The number of cyclic esters (lactones) is 1. The highest BCUT2D eigenvalue weighted by molar-refractivity contribution is 5.70. The van der Waals surface area contributed by atoms with Crippen molar-refractivity contribution in [2.45, 2.75) is 111 Å². The van der Waals surface area contributed by atoms with Gasteiger partial charge in [0, 0.05) is 5.92 Å². The van der Waals surface area contributed by atoms with E-state index in [0.29, 0.717) is 36.4 Å². The smallest absolute Gasteiger partial charge is 0.309 e. The van der Waals surface area contributed by atoms with Gasteiger partial charge >= 0.3 is 5.97 Å². The molecule has 1 N–H and O–H groups in total. The Morgan fingerprint density at radius 1 is 1.28 bits per heavy atom. The zero-order valence-electron chi connectivity index (χ0n) is 21.1. The third-order valence-corrected chi connectivity index (χ3v) is 6.89. The number of carbonyl (C=O) groups is 1. The Morgan fingerprint density at radius 2 is 2.03 bits per heavy atom. The van der Waals surface area contributed by atoms with Crippen molar-refractivity contribution in [1.82, 2.24) is 0 Å². The molecule has 2 heterocycles. The van der Waals surface area contributed by atoms with Gasteiger partial charge in [0.25, 0.3) is 0 Å². The van der Waals surface area contributed by atoms with E-state index in [4.69, 9.17) is 9.47 Å². The third kappa shape index (κ3) is 9.23. The fourth-order valence-corrected chi connectivity index (χ4v) is 4.72. The van der Waals surface area contributed by atoms with Crippen LogP contribution in [0.5, 0.6) is 0 Å². The lowest BCUT2D eigenvalue weighted by Crippen LogP contribution is -2.28. The number of hydrogen-bond acceptors (Lipinski definition) is 4. The second-order valence-corrected chi connectivity index (χ2v) is 10.4. The van der Waals surface area contributed by atoms with Gasteiger partial charge in [0.15, 0.2) is 0 Å². The fourth-order valence-electron chi connectivity index (χ4n) is 4.72. The Bertz CT molecular complexity index is 664. The summed E-state index contributed by atoms with van der Waals surface area (Å²) in [6, 6.07) is 0. The molecule has 0 spiro atoms. The molecular weight excluding hydrogens is 400 g/mol. The van der Waals surface area contributed by atoms with Crippen molar-refractivity contribution in [3.8, 4) is 0 Å². The van der Waals surface area contributed by atoms with E-state index in [9.17, 15) is 9.90 Å². The Labute approximate surface area is 196 Å². The van der Waals surface area contributed by atoms with Crippen LogP contribution in [0.4, 0.5) is 0 Å². The average Bonchev–Trinajstić information content (AvgIpc) is 3.48. The first kappa shape index (κ1) is 26.9. The average molecular weight is 447 g/mol. The van der Waals surface area contributed by atoms with Gasteiger partial charge in [-0.15, -0.1) is 0 Å². The van der Waals surface area contributed by atoms with Crippen LogP contribution in [0.2, 0.25) is 0 Å². The van der Waals surface area contributed by atoms with Crippen molar-refractivity contribution >= 4 is 5.97 Å². The van der Waals surface area contributed by atoms with Crippen molar-refractivity contribution < 1.29 is 19.4 Å². The molecule has 4 heteroatoms. The number of aliphatic hydroxyl groups is 1. The number of allylic oxidation sites excluding steroid dienone is 4. The standard InChI is InChI=1S/C28H46O4/c1-7-10-21(4)28-25(31-28)17-20(3)12-9-14-23(6)27-22(5)13-8-11-19(2)15-16-24(29)18-26(30)32-27/h8-9,12-14,19-22,24-25,27-29H,7,10-11,15-18H2,1-6H3/b12-9+,13-8+,23-14+/t19-,20-,21-,22+,24-,25-,27+,28-/m1/s1. The first-order valence-corrected chi connectivity index (χ1v) is 12.8. The Hall–Kier alpha value is -1.39. The van der Waals surface area contributed by atoms with E-state index in [-0.39, 0.29) is 24.4 Å². The molecule has 4 nitrogen and oxygen atoms in total. The number of rotatable bonds is 8. The van der Waals surface area contributed by atoms with E-state index in [1.165, 1.54) is 12.8 Å². The molecule has 0 aliphatic carbocycles. The maximum absolute atomic E-state index is 12.4. The first-order chi connectivity index (χ1) is 15.2. The summed E-state index contributed by atoms with van der Waals surface area (Å²) in [5.74, 6) is 1.36. The van der Waals surface area contributed by atoms with E-state index < -0.39 is 6.10 Å². The maximum Gasteiger partial charge on any atom is 0.309 e. The first-order valence-electron chi connectivity index (χ1n) is 12.8. The van der Waals surface area contributed by atoms with E-state index in [1.54, 1.807) is 0 Å². The van der Waals surface area contributed by atoms with Crippen molar-refractivity contribution in [1.29, 1.82) is 0 Å². The highest BCUT2D eigenvalue weighted by Crippen LogP contribution is 2.36. The lowest BCUT2D eigenvalue weighted by molar-refractivity contribution is -0.151. The molecule has 0 aromatic carbocycles. The maximum atomic E-state index is 12.4. The summed E-state index contributed by atoms with van der Waals surface area (Å²) in [6.07, 6.45) is 16.7. The lowest BCUT2D eigenvalue weighted by atomic mass is 9.93. The Balaban J connectivity index is 1.96. The molecule has 0 aromatic rings. The number of ether oxygens (including phenoxy) is 2. The highest BCUT2D eigenvalue weighted by Gasteiger charge is 2.42. The molecule has 0 radical (unpaired) electrons. The summed E-state index contributed by atoms with van der Waals surface area (Å²) in [4.78, 5) is 12.4. The monoisotopic (exact) mass is 446 g/mol. The van der Waals surface area contributed by atoms with E-state index >= 15 is 0 Å². The molecule has 0 unspecified atom stereocenters. The summed E-state index contributed by atoms with van der Waals surface area (Å²) in [6.45, 7) is 13.1. The third-order valence-electron chi connectivity index (χ3n) is 6.89. The predicted octanol–water partition coefficient (Wildman–Crippen LogP) is 6.39. The van der Waals surface area contributed by atoms with Gasteiger partial charge in [-0.25, -0.2) is 0 Å². The molecular formula is C28H46O4. The van der Waals surface area contributed by atoms with Crippen molar-refractivity contribution in [3.63, 3.8) is 0 Å². The normalized spacial score (nSPS) is 35.5. The van der Waals surface area contributed by atoms with Crippen LogP contribution in [0.15, 0.2) is 36.0 Å². The summed E-state index contributed by atoms with van der Waals surface area (Å²) >= 11 is 0. The minimum absolute atomic E-state index is 0.0683. The largest absolute Gasteiger partial charge is 0.457 e. The summed E-state index contributed by atoms with van der Waals surface area (Å²) < 4.78 is 11.7. The Kier molecular flexibility index (Phi) is 11.2. The predicted molar refractivity (Wildman–Crippen MR) is 131 cm³/mol. The molecule has 2 aliphatic heterocycles. The summed E-state index contributed by atoms with van der Waals surface area (Å²) in [7, 11) is 0. The van der Waals surface area contributed by atoms with Crippen LogP contribution in [0, 0.1) is 23.7 Å². The number of hydrogen-bond donors (Lipinski definition) is 1. The molecule has 32 heavy (non-hydrogen) atoms. The number of carbonyl (C=O) groups excluding carboxylic acids is 1. The molecule has 0 amide bonds. The Morgan fingerprint density at radius 3 is 2.75 bits per heavy atom. The topological polar surface area (TPSA) is 59.1 Å². The summed E-state index contributed by atoms with van der Waals surface area (Å²) in [5, 5.41) is 10.2. The highest BCUT2D eigenvalue weighted by atomic mass is 16.6. The number of epoxide rings is 1. The molecule has 0 bridgehead atoms. The van der Waals surface area contributed by atoms with Crippen LogP contribution >= 0.6 is 0 Å². The molecule has 1 saturated heterocycles. The quantitative estimate of drug-likeness (QED) is 0.203. The second kappa shape index (κ2) is 13.3. The van der Waals surface area contributed by atoms with Crippen molar-refractivity contribution in [3.05, 3.63) is 36.0 Å². The zero-order valence-corrected chi connectivity index (χ0v) is 21.1. The molecule has 0 saturated carbocycles. The van der Waals surface area contributed by atoms with Gasteiger partial charge in [0.2, 0.25) is 0 Å². The molecule has 0 aromatic heterocycles. The lowest BCUT2D eigenvalue weighted by Gasteiger charge is -2.24. The molecule has 2 aliphatic rings. The second-order valence-electron chi connectivity index (χ2n) is 10.4. The minimum atomic E-state index is -0.622. The van der Waals surface area contributed by atoms with E-state index in [1.807, 2.05) is 6.92 Å². The van der Waals surface area contributed by atoms with Gasteiger partial charge < -0.3 is 14.6 Å². The number of esters is 1. The van der Waals surface area contributed by atoms with Crippen LogP contribution in [0.1, 0.15) is 86.5 Å². The molecule has 8 atom stereocenters. The van der Waals surface area contributed by atoms with Gasteiger partial charge in [-0.2, -0.15) is 0 Å². The van der Waals surface area contributed by atoms with E-state index in [0.717, 1.165) is 24.8 Å². The van der Waals surface area contributed by atoms with Gasteiger partial charge in [-0.3, -0.25) is 4.79 Å². The van der Waals surface area contributed by atoms with Crippen LogP contribution in [-0.4, -0.2) is 35.5 Å². The van der Waals surface area contributed by atoms with Crippen molar-refractivity contribution in [2.75, 3.05) is 0 Å². The van der Waals surface area contributed by atoms with Gasteiger partial charge in [0.1, 0.15) is 6.10 Å². The molecule has 1 fully saturated rings. The van der Waals surface area contributed by atoms with Crippen LogP contribution in [0.25, 0.3) is 0 Å².